The van der Waals surface area contributed by atoms with Crippen LogP contribution in [0.25, 0.3) is 0 Å². The highest BCUT2D eigenvalue weighted by Crippen LogP contribution is 2.32. The molecule has 0 saturated carbocycles. The monoisotopic (exact) mass is 296 g/mol. The van der Waals surface area contributed by atoms with Gasteiger partial charge in [0.25, 0.3) is 5.91 Å². The molecule has 22 heavy (non-hydrogen) atoms. The van der Waals surface area contributed by atoms with Gasteiger partial charge in [0, 0.05) is 11.3 Å². The van der Waals surface area contributed by atoms with Gasteiger partial charge >= 0.3 is 5.97 Å². The molecule has 2 aromatic rings. The number of ether oxygens (including phenoxy) is 1. The van der Waals surface area contributed by atoms with Gasteiger partial charge in [0.1, 0.15) is 0 Å². The molecule has 112 valence electrons. The van der Waals surface area contributed by atoms with E-state index in [-0.39, 0.29) is 12.5 Å². The zero-order valence-corrected chi connectivity index (χ0v) is 12.1. The first-order valence-electron chi connectivity index (χ1n) is 7.10. The fraction of sp³-hybridized carbons (Fsp3) is 0.176. The summed E-state index contributed by atoms with van der Waals surface area (Å²) in [5.74, 6) is -0.852. The normalized spacial score (nSPS) is 19.6. The van der Waals surface area contributed by atoms with Crippen LogP contribution in [-0.4, -0.2) is 18.5 Å². The van der Waals surface area contributed by atoms with E-state index in [1.165, 1.54) is 0 Å². The molecule has 1 aliphatic heterocycles. The third-order valence-electron chi connectivity index (χ3n) is 3.58. The van der Waals surface area contributed by atoms with Crippen LogP contribution in [-0.2, 0) is 15.2 Å². The molecule has 0 aromatic heterocycles. The molecule has 0 spiro atoms. The number of hydrogen-bond donors (Lipinski definition) is 2. The van der Waals surface area contributed by atoms with E-state index < -0.39 is 11.6 Å². The largest absolute Gasteiger partial charge is 0.463 e. The second-order valence-electron chi connectivity index (χ2n) is 4.96. The van der Waals surface area contributed by atoms with Crippen LogP contribution in [0.5, 0.6) is 0 Å². The molecule has 5 nitrogen and oxygen atoms in total. The Labute approximate surface area is 128 Å². The zero-order valence-electron chi connectivity index (χ0n) is 12.1. The van der Waals surface area contributed by atoms with E-state index in [0.29, 0.717) is 16.8 Å². The number of fused-ring (bicyclic) bond motifs is 1. The van der Waals surface area contributed by atoms with Crippen molar-refractivity contribution in [3.05, 3.63) is 65.7 Å². The molecule has 1 heterocycles. The first-order valence-corrected chi connectivity index (χ1v) is 7.10. The van der Waals surface area contributed by atoms with Gasteiger partial charge in [-0.1, -0.05) is 42.5 Å². The predicted octanol–water partition coefficient (Wildman–Crippen LogP) is 2.26. The second kappa shape index (κ2) is 5.52. The maximum atomic E-state index is 12.6. The average molecular weight is 296 g/mol. The molecule has 0 saturated heterocycles. The van der Waals surface area contributed by atoms with Crippen molar-refractivity contribution >= 4 is 17.6 Å². The molecule has 3 rings (SSSR count). The Hall–Kier alpha value is -2.82. The van der Waals surface area contributed by atoms with Crippen LogP contribution in [0.15, 0.2) is 54.6 Å². The molecule has 1 aliphatic rings. The Kier molecular flexibility index (Phi) is 3.55. The lowest BCUT2D eigenvalue weighted by Crippen LogP contribution is -2.60. The van der Waals surface area contributed by atoms with E-state index in [2.05, 4.69) is 10.6 Å². The lowest BCUT2D eigenvalue weighted by Gasteiger charge is -2.38. The third kappa shape index (κ3) is 2.20. The van der Waals surface area contributed by atoms with Crippen LogP contribution in [0.3, 0.4) is 0 Å². The third-order valence-corrected chi connectivity index (χ3v) is 3.58. The summed E-state index contributed by atoms with van der Waals surface area (Å²) in [6.45, 7) is 1.96. The van der Waals surface area contributed by atoms with E-state index in [0.717, 1.165) is 0 Å². The summed E-state index contributed by atoms with van der Waals surface area (Å²) in [4.78, 5) is 25.0. The van der Waals surface area contributed by atoms with Gasteiger partial charge in [-0.2, -0.15) is 0 Å². The molecule has 0 bridgehead atoms. The van der Waals surface area contributed by atoms with E-state index in [1.54, 1.807) is 37.3 Å². The maximum absolute atomic E-state index is 12.6. The minimum atomic E-state index is -1.41. The topological polar surface area (TPSA) is 67.4 Å². The number of carbonyl (C=O) groups excluding carboxylic acids is 2. The van der Waals surface area contributed by atoms with Gasteiger partial charge in [-0.3, -0.25) is 4.79 Å². The second-order valence-corrected chi connectivity index (χ2v) is 4.96. The average Bonchev–Trinajstić information content (AvgIpc) is 2.56. The van der Waals surface area contributed by atoms with Crippen LogP contribution < -0.4 is 10.6 Å². The van der Waals surface area contributed by atoms with Crippen molar-refractivity contribution in [3.63, 3.8) is 0 Å². The minimum absolute atomic E-state index is 0.229. The fourth-order valence-corrected chi connectivity index (χ4v) is 2.55. The zero-order chi connectivity index (χ0) is 15.6. The number of rotatable bonds is 3. The highest BCUT2D eigenvalue weighted by molar-refractivity contribution is 6.06. The Bertz CT molecular complexity index is 715. The number of para-hydroxylation sites is 1. The number of anilines is 1. The van der Waals surface area contributed by atoms with Gasteiger partial charge in [0.05, 0.1) is 12.2 Å². The minimum Gasteiger partial charge on any atom is -0.463 e. The van der Waals surface area contributed by atoms with Crippen molar-refractivity contribution in [3.8, 4) is 0 Å². The van der Waals surface area contributed by atoms with Crippen molar-refractivity contribution in [1.82, 2.24) is 5.32 Å². The van der Waals surface area contributed by atoms with Gasteiger partial charge in [0.15, 0.2) is 0 Å². The first kappa shape index (κ1) is 14.1. The molecule has 2 aromatic carbocycles. The Morgan fingerprint density at radius 2 is 1.73 bits per heavy atom. The van der Waals surface area contributed by atoms with Crippen LogP contribution in [0.4, 0.5) is 5.69 Å². The smallest absolute Gasteiger partial charge is 0.357 e. The molecule has 0 radical (unpaired) electrons. The van der Waals surface area contributed by atoms with Gasteiger partial charge in [-0.15, -0.1) is 0 Å². The van der Waals surface area contributed by atoms with Crippen LogP contribution in [0.1, 0.15) is 22.8 Å². The number of amides is 1. The molecule has 1 atom stereocenters. The van der Waals surface area contributed by atoms with Gasteiger partial charge in [-0.05, 0) is 19.1 Å². The SMILES string of the molecule is CCOC(=O)[C@]1(c2ccccc2)NC(=O)c2ccccc2N1. The van der Waals surface area contributed by atoms with E-state index >= 15 is 0 Å². The summed E-state index contributed by atoms with van der Waals surface area (Å²) in [7, 11) is 0. The van der Waals surface area contributed by atoms with Crippen molar-refractivity contribution in [1.29, 1.82) is 0 Å². The molecule has 0 unspecified atom stereocenters. The summed E-state index contributed by atoms with van der Waals surface area (Å²) in [6, 6.07) is 16.1. The van der Waals surface area contributed by atoms with Gasteiger partial charge < -0.3 is 15.4 Å². The lowest BCUT2D eigenvalue weighted by atomic mass is 9.94. The number of esters is 1. The summed E-state index contributed by atoms with van der Waals surface area (Å²) in [6.07, 6.45) is 0. The van der Waals surface area contributed by atoms with Crippen LogP contribution >= 0.6 is 0 Å². The van der Waals surface area contributed by atoms with Crippen LogP contribution in [0, 0.1) is 0 Å². The van der Waals surface area contributed by atoms with Crippen LogP contribution in [0.2, 0.25) is 0 Å². The number of benzene rings is 2. The van der Waals surface area contributed by atoms with E-state index in [4.69, 9.17) is 4.74 Å². The standard InChI is InChI=1S/C17H16N2O3/c1-2-22-16(21)17(12-8-4-3-5-9-12)18-14-11-7-6-10-13(14)15(20)19-17/h3-11,18H,2H2,1H3,(H,19,20)/t17-/m0/s1. The first-order chi connectivity index (χ1) is 10.7. The molecule has 1 amide bonds. The van der Waals surface area contributed by atoms with Crippen molar-refractivity contribution in [2.75, 3.05) is 11.9 Å². The number of carbonyl (C=O) groups is 2. The molecule has 0 aliphatic carbocycles. The van der Waals surface area contributed by atoms with Crippen molar-refractivity contribution in [2.45, 2.75) is 12.6 Å². The predicted molar refractivity (Wildman–Crippen MR) is 82.3 cm³/mol. The summed E-state index contributed by atoms with van der Waals surface area (Å²) in [5.41, 5.74) is 0.306. The fourth-order valence-electron chi connectivity index (χ4n) is 2.55. The molecule has 5 heteroatoms. The molecule has 0 fully saturated rings. The van der Waals surface area contributed by atoms with E-state index in [1.807, 2.05) is 24.3 Å². The molecular formula is C17H16N2O3. The molecule has 2 N–H and O–H groups in total. The molecular weight excluding hydrogens is 280 g/mol. The Morgan fingerprint density at radius 1 is 1.05 bits per heavy atom. The van der Waals surface area contributed by atoms with Gasteiger partial charge in [0.2, 0.25) is 5.66 Å². The van der Waals surface area contributed by atoms with E-state index in [9.17, 15) is 9.59 Å². The Morgan fingerprint density at radius 3 is 2.45 bits per heavy atom. The Balaban J connectivity index is 2.13. The summed E-state index contributed by atoms with van der Waals surface area (Å²) < 4.78 is 5.19. The number of nitrogens with one attached hydrogen (secondary N) is 2. The lowest BCUT2D eigenvalue weighted by molar-refractivity contribution is -0.150. The highest BCUT2D eigenvalue weighted by atomic mass is 16.5. The highest BCUT2D eigenvalue weighted by Gasteiger charge is 2.47. The van der Waals surface area contributed by atoms with Gasteiger partial charge in [-0.25, -0.2) is 4.79 Å². The summed E-state index contributed by atoms with van der Waals surface area (Å²) >= 11 is 0. The van der Waals surface area contributed by atoms with Crippen molar-refractivity contribution in [2.24, 2.45) is 0 Å². The summed E-state index contributed by atoms with van der Waals surface area (Å²) in [5, 5.41) is 5.90. The number of hydrogen-bond acceptors (Lipinski definition) is 4. The van der Waals surface area contributed by atoms with Crippen molar-refractivity contribution < 1.29 is 14.3 Å². The quantitative estimate of drug-likeness (QED) is 0.853. The maximum Gasteiger partial charge on any atom is 0.357 e.